The van der Waals surface area contributed by atoms with Crippen LogP contribution in [0.3, 0.4) is 0 Å². The molecule has 0 bridgehead atoms. The number of aromatic nitrogens is 3. The molecule has 3 aromatic rings. The molecule has 0 unspecified atom stereocenters. The lowest BCUT2D eigenvalue weighted by Crippen LogP contribution is -2.46. The van der Waals surface area contributed by atoms with Crippen molar-refractivity contribution in [2.24, 2.45) is 0 Å². The second-order valence-corrected chi connectivity index (χ2v) is 9.34. The van der Waals surface area contributed by atoms with Crippen LogP contribution in [0.5, 0.6) is 11.5 Å². The Morgan fingerprint density at radius 1 is 1.17 bits per heavy atom. The van der Waals surface area contributed by atoms with Crippen LogP contribution in [0, 0.1) is 11.3 Å². The normalized spacial score (nSPS) is 13.2. The predicted molar refractivity (Wildman–Crippen MR) is 137 cm³/mol. The van der Waals surface area contributed by atoms with Gasteiger partial charge in [0, 0.05) is 37.3 Å². The summed E-state index contributed by atoms with van der Waals surface area (Å²) in [4.78, 5) is 28.3. The highest BCUT2D eigenvalue weighted by Gasteiger charge is 2.21. The van der Waals surface area contributed by atoms with Crippen LogP contribution in [0.1, 0.15) is 10.4 Å². The highest BCUT2D eigenvalue weighted by Crippen LogP contribution is 2.38. The molecule has 0 aliphatic carbocycles. The highest BCUT2D eigenvalue weighted by molar-refractivity contribution is 7.99. The number of halogens is 2. The summed E-state index contributed by atoms with van der Waals surface area (Å²) in [5.74, 6) is 0.899. The minimum absolute atomic E-state index is 0.0162. The number of nitriles is 1. The molecule has 3 N–H and O–H groups in total. The average molecular weight is 546 g/mol. The number of hydrogen-bond acceptors (Lipinski definition) is 10. The maximum atomic E-state index is 12.9. The molecule has 1 aliphatic heterocycles. The molecule has 13 heteroatoms. The molecule has 0 spiro atoms. The molecule has 36 heavy (non-hydrogen) atoms. The van der Waals surface area contributed by atoms with Crippen LogP contribution in [0.2, 0.25) is 10.0 Å². The van der Waals surface area contributed by atoms with Crippen molar-refractivity contribution in [2.75, 3.05) is 45.6 Å². The van der Waals surface area contributed by atoms with E-state index in [2.05, 4.69) is 20.3 Å². The summed E-state index contributed by atoms with van der Waals surface area (Å²) < 4.78 is 10.9. The summed E-state index contributed by atoms with van der Waals surface area (Å²) in [6.07, 6.45) is 0. The largest absolute Gasteiger partial charge is 0.496 e. The number of nitrogens with one attached hydrogen (secondary N) is 1. The van der Waals surface area contributed by atoms with E-state index >= 15 is 0 Å². The summed E-state index contributed by atoms with van der Waals surface area (Å²) >= 11 is 13.7. The number of benzene rings is 2. The fourth-order valence-electron chi connectivity index (χ4n) is 3.49. The third-order valence-corrected chi connectivity index (χ3v) is 6.73. The van der Waals surface area contributed by atoms with Gasteiger partial charge in [0.05, 0.1) is 22.1 Å². The summed E-state index contributed by atoms with van der Waals surface area (Å²) in [5, 5.41) is 12.8. The molecule has 1 aliphatic rings. The Hall–Kier alpha value is -3.30. The number of anilines is 1. The van der Waals surface area contributed by atoms with Gasteiger partial charge in [-0.05, 0) is 42.1 Å². The third kappa shape index (κ3) is 5.91. The van der Waals surface area contributed by atoms with Crippen LogP contribution in [-0.2, 0) is 0 Å². The fraction of sp³-hybridized carbons (Fsp3) is 0.261. The van der Waals surface area contributed by atoms with Crippen LogP contribution in [0.15, 0.2) is 40.4 Å². The van der Waals surface area contributed by atoms with E-state index in [-0.39, 0.29) is 40.1 Å². The number of carbonyl (C=O) groups excluding carboxylic acids is 1. The SMILES string of the molecule is COc1cc(C(=O)N2CCNCC2)ccc1Sc1nc(N)nc(-c2cc(OCC#N)c(Cl)cc2Cl)n1. The minimum atomic E-state index is -0.186. The van der Waals surface area contributed by atoms with Crippen LogP contribution in [0.25, 0.3) is 11.4 Å². The predicted octanol–water partition coefficient (Wildman–Crippen LogP) is 3.54. The Labute approximate surface area is 221 Å². The van der Waals surface area contributed by atoms with Gasteiger partial charge >= 0.3 is 0 Å². The van der Waals surface area contributed by atoms with Gasteiger partial charge in [0.25, 0.3) is 5.91 Å². The molecule has 2 heterocycles. The van der Waals surface area contributed by atoms with Gasteiger partial charge in [-0.3, -0.25) is 4.79 Å². The van der Waals surface area contributed by atoms with E-state index in [1.54, 1.807) is 24.3 Å². The molecular weight excluding hydrogens is 525 g/mol. The first-order valence-electron chi connectivity index (χ1n) is 10.8. The second kappa shape index (κ2) is 11.6. The minimum Gasteiger partial charge on any atom is -0.496 e. The van der Waals surface area contributed by atoms with E-state index in [0.717, 1.165) is 13.1 Å². The number of ether oxygens (including phenoxy) is 2. The number of hydrogen-bond donors (Lipinski definition) is 2. The van der Waals surface area contributed by atoms with Crippen molar-refractivity contribution in [3.63, 3.8) is 0 Å². The van der Waals surface area contributed by atoms with Crippen molar-refractivity contribution in [3.8, 4) is 29.0 Å². The number of piperazine rings is 1. The van der Waals surface area contributed by atoms with E-state index in [1.807, 2.05) is 11.0 Å². The smallest absolute Gasteiger partial charge is 0.254 e. The molecule has 1 amide bonds. The number of nitrogens with two attached hydrogens (primary N) is 1. The number of carbonyl (C=O) groups is 1. The first-order valence-corrected chi connectivity index (χ1v) is 12.3. The van der Waals surface area contributed by atoms with Gasteiger partial charge in [-0.15, -0.1) is 0 Å². The lowest BCUT2D eigenvalue weighted by molar-refractivity contribution is 0.0735. The molecular formula is C23H21Cl2N7O3S. The van der Waals surface area contributed by atoms with E-state index < -0.39 is 0 Å². The van der Waals surface area contributed by atoms with E-state index in [9.17, 15) is 4.79 Å². The maximum absolute atomic E-state index is 12.9. The lowest BCUT2D eigenvalue weighted by Gasteiger charge is -2.27. The van der Waals surface area contributed by atoms with Crippen LogP contribution >= 0.6 is 35.0 Å². The molecule has 1 saturated heterocycles. The molecule has 1 fully saturated rings. The van der Waals surface area contributed by atoms with Gasteiger partial charge in [-0.2, -0.15) is 15.2 Å². The van der Waals surface area contributed by atoms with E-state index in [0.29, 0.717) is 40.0 Å². The number of nitrogen functional groups attached to an aromatic ring is 1. The molecule has 1 aromatic heterocycles. The summed E-state index contributed by atoms with van der Waals surface area (Å²) in [5.41, 5.74) is 6.91. The molecule has 10 nitrogen and oxygen atoms in total. The Morgan fingerprint density at radius 2 is 1.94 bits per heavy atom. The van der Waals surface area contributed by atoms with E-state index in [1.165, 1.54) is 24.9 Å². The molecule has 186 valence electrons. The van der Waals surface area contributed by atoms with Crippen molar-refractivity contribution in [3.05, 3.63) is 45.9 Å². The molecule has 2 aromatic carbocycles. The highest BCUT2D eigenvalue weighted by atomic mass is 35.5. The number of rotatable bonds is 7. The van der Waals surface area contributed by atoms with Crippen molar-refractivity contribution in [1.82, 2.24) is 25.2 Å². The summed E-state index contributed by atoms with van der Waals surface area (Å²) in [6.45, 7) is 2.66. The molecule has 4 rings (SSSR count). The van der Waals surface area contributed by atoms with Crippen molar-refractivity contribution in [2.45, 2.75) is 10.1 Å². The van der Waals surface area contributed by atoms with Gasteiger partial charge in [0.15, 0.2) is 17.6 Å². The zero-order valence-corrected chi connectivity index (χ0v) is 21.5. The first kappa shape index (κ1) is 25.8. The number of nitrogens with zero attached hydrogens (tertiary/aromatic N) is 5. The summed E-state index contributed by atoms with van der Waals surface area (Å²) in [7, 11) is 1.53. The quantitative estimate of drug-likeness (QED) is 0.452. The monoisotopic (exact) mass is 545 g/mol. The number of methoxy groups -OCH3 is 1. The van der Waals surface area contributed by atoms with Crippen molar-refractivity contribution in [1.29, 1.82) is 5.26 Å². The Morgan fingerprint density at radius 3 is 2.67 bits per heavy atom. The van der Waals surface area contributed by atoms with Gasteiger partial charge in [-0.1, -0.05) is 23.2 Å². The number of amides is 1. The molecule has 0 radical (unpaired) electrons. The first-order chi connectivity index (χ1) is 17.4. The van der Waals surface area contributed by atoms with Crippen LogP contribution < -0.4 is 20.5 Å². The van der Waals surface area contributed by atoms with Crippen molar-refractivity contribution >= 4 is 46.8 Å². The van der Waals surface area contributed by atoms with Crippen LogP contribution in [0.4, 0.5) is 5.95 Å². The lowest BCUT2D eigenvalue weighted by atomic mass is 10.1. The Kier molecular flexibility index (Phi) is 8.32. The topological polar surface area (TPSA) is 139 Å². The zero-order chi connectivity index (χ0) is 25.7. The van der Waals surface area contributed by atoms with Gasteiger partial charge in [-0.25, -0.2) is 4.98 Å². The van der Waals surface area contributed by atoms with E-state index in [4.69, 9.17) is 43.7 Å². The standard InChI is InChI=1S/C23H21Cl2N7O3S/c1-34-18-10-13(21(33)32-7-5-28-6-8-32)2-3-19(18)36-23-30-20(29-22(27)31-23)14-11-17(35-9-4-26)16(25)12-15(14)24/h2-3,10-12,28H,5-9H2,1H3,(H2,27,29,30,31). The molecule has 0 atom stereocenters. The van der Waals surface area contributed by atoms with Gasteiger partial charge in [0.1, 0.15) is 17.6 Å². The van der Waals surface area contributed by atoms with Crippen LogP contribution in [-0.4, -0.2) is 65.7 Å². The zero-order valence-electron chi connectivity index (χ0n) is 19.1. The average Bonchev–Trinajstić information content (AvgIpc) is 2.88. The van der Waals surface area contributed by atoms with Gasteiger partial charge in [0.2, 0.25) is 5.95 Å². The van der Waals surface area contributed by atoms with Crippen molar-refractivity contribution < 1.29 is 14.3 Å². The fourth-order valence-corrected chi connectivity index (χ4v) is 4.86. The van der Waals surface area contributed by atoms with Gasteiger partial charge < -0.3 is 25.4 Å². The third-order valence-electron chi connectivity index (χ3n) is 5.20. The maximum Gasteiger partial charge on any atom is 0.254 e. The Bertz CT molecular complexity index is 1330. The Balaban J connectivity index is 1.62. The molecule has 0 saturated carbocycles. The second-order valence-electron chi connectivity index (χ2n) is 7.52. The summed E-state index contributed by atoms with van der Waals surface area (Å²) in [6, 6.07) is 10.1.